The molecule has 174 valence electrons. The summed E-state index contributed by atoms with van der Waals surface area (Å²) in [5.41, 5.74) is 0.0722. The predicted molar refractivity (Wildman–Crippen MR) is 117 cm³/mol. The Morgan fingerprint density at radius 2 is 1.88 bits per heavy atom. The smallest absolute Gasteiger partial charge is 0.360 e. The van der Waals surface area contributed by atoms with Crippen LogP contribution in [-0.4, -0.2) is 47.1 Å². The van der Waals surface area contributed by atoms with Gasteiger partial charge in [0.1, 0.15) is 17.6 Å². The first kappa shape index (κ1) is 22.8. The number of benzene rings is 1. The second-order valence-corrected chi connectivity index (χ2v) is 7.90. The number of pyridine rings is 1. The summed E-state index contributed by atoms with van der Waals surface area (Å²) < 4.78 is 43.6. The maximum absolute atomic E-state index is 13.2. The fourth-order valence-corrected chi connectivity index (χ4v) is 3.95. The van der Waals surface area contributed by atoms with Crippen molar-refractivity contribution >= 4 is 17.5 Å². The van der Waals surface area contributed by atoms with Crippen LogP contribution in [0.25, 0.3) is 0 Å². The standard InChI is InChI=1S/C23H24F3N5O2/c1-16-14-19(29-33-16)28-22(32)21(17-6-3-2-4-7-17)31-11-5-10-30(12-13-31)20-9-8-18(15-27-20)23(24,25)26/h2-4,6-9,14-15,21H,5,10-13H2,1H3,(H,28,29,32)/t21-/m0/s1. The molecule has 33 heavy (non-hydrogen) atoms. The van der Waals surface area contributed by atoms with Crippen molar-refractivity contribution < 1.29 is 22.5 Å². The number of hydrogen-bond acceptors (Lipinski definition) is 6. The predicted octanol–water partition coefficient (Wildman–Crippen LogP) is 4.29. The Morgan fingerprint density at radius 3 is 2.52 bits per heavy atom. The zero-order valence-corrected chi connectivity index (χ0v) is 18.0. The van der Waals surface area contributed by atoms with E-state index in [9.17, 15) is 18.0 Å². The van der Waals surface area contributed by atoms with Gasteiger partial charge in [0.25, 0.3) is 0 Å². The number of carbonyl (C=O) groups is 1. The molecular weight excluding hydrogens is 435 g/mol. The Kier molecular flexibility index (Phi) is 6.64. The molecule has 1 N–H and O–H groups in total. The number of carbonyl (C=O) groups excluding carboxylic acids is 1. The van der Waals surface area contributed by atoms with Gasteiger partial charge in [-0.25, -0.2) is 4.98 Å². The van der Waals surface area contributed by atoms with Crippen LogP contribution in [-0.2, 0) is 11.0 Å². The first-order valence-electron chi connectivity index (χ1n) is 10.6. The average molecular weight is 459 g/mol. The van der Waals surface area contributed by atoms with E-state index in [1.54, 1.807) is 13.0 Å². The highest BCUT2D eigenvalue weighted by Crippen LogP contribution is 2.30. The van der Waals surface area contributed by atoms with Gasteiger partial charge in [-0.3, -0.25) is 9.69 Å². The SMILES string of the molecule is Cc1cc(NC(=O)[C@H](c2ccccc2)N2CCCN(c3ccc(C(F)(F)F)cn3)CC2)no1. The molecule has 10 heteroatoms. The van der Waals surface area contributed by atoms with Crippen molar-refractivity contribution in [2.24, 2.45) is 0 Å². The summed E-state index contributed by atoms with van der Waals surface area (Å²) in [7, 11) is 0. The van der Waals surface area contributed by atoms with E-state index < -0.39 is 17.8 Å². The summed E-state index contributed by atoms with van der Waals surface area (Å²) in [5.74, 6) is 1.21. The van der Waals surface area contributed by atoms with Crippen LogP contribution in [0.5, 0.6) is 0 Å². The minimum absolute atomic E-state index is 0.226. The third-order valence-electron chi connectivity index (χ3n) is 5.54. The lowest BCUT2D eigenvalue weighted by Gasteiger charge is -2.30. The number of nitrogens with zero attached hydrogens (tertiary/aromatic N) is 4. The van der Waals surface area contributed by atoms with Crippen molar-refractivity contribution in [2.75, 3.05) is 36.4 Å². The van der Waals surface area contributed by atoms with Gasteiger partial charge in [0.2, 0.25) is 5.91 Å². The summed E-state index contributed by atoms with van der Waals surface area (Å²) in [6.07, 6.45) is -2.83. The van der Waals surface area contributed by atoms with Crippen LogP contribution in [0, 0.1) is 6.92 Å². The zero-order chi connectivity index (χ0) is 23.4. The first-order chi connectivity index (χ1) is 15.8. The molecule has 0 radical (unpaired) electrons. The van der Waals surface area contributed by atoms with Crippen molar-refractivity contribution in [3.05, 3.63) is 71.6 Å². The van der Waals surface area contributed by atoms with Gasteiger partial charge >= 0.3 is 6.18 Å². The number of amides is 1. The third kappa shape index (κ3) is 5.51. The van der Waals surface area contributed by atoms with Gasteiger partial charge in [0, 0.05) is 38.4 Å². The molecule has 2 aromatic heterocycles. The Morgan fingerprint density at radius 1 is 1.09 bits per heavy atom. The van der Waals surface area contributed by atoms with Crippen molar-refractivity contribution in [1.82, 2.24) is 15.0 Å². The minimum atomic E-state index is -4.42. The van der Waals surface area contributed by atoms with Gasteiger partial charge in [0.15, 0.2) is 5.82 Å². The molecule has 3 heterocycles. The number of nitrogens with one attached hydrogen (secondary N) is 1. The molecule has 1 amide bonds. The molecule has 0 unspecified atom stereocenters. The fraction of sp³-hybridized carbons (Fsp3) is 0.348. The maximum atomic E-state index is 13.2. The molecule has 1 aliphatic rings. The van der Waals surface area contributed by atoms with Gasteiger partial charge in [-0.15, -0.1) is 0 Å². The second kappa shape index (κ2) is 9.62. The maximum Gasteiger partial charge on any atom is 0.417 e. The quantitative estimate of drug-likeness (QED) is 0.614. The largest absolute Gasteiger partial charge is 0.417 e. The summed E-state index contributed by atoms with van der Waals surface area (Å²) in [6.45, 7) is 4.07. The number of hydrogen-bond donors (Lipinski definition) is 1. The van der Waals surface area contributed by atoms with Crippen molar-refractivity contribution in [1.29, 1.82) is 0 Å². The van der Waals surface area contributed by atoms with Crippen LogP contribution in [0.4, 0.5) is 24.8 Å². The van der Waals surface area contributed by atoms with Crippen molar-refractivity contribution in [2.45, 2.75) is 25.6 Å². The Bertz CT molecular complexity index is 1070. The number of aromatic nitrogens is 2. The fourth-order valence-electron chi connectivity index (χ4n) is 3.95. The highest BCUT2D eigenvalue weighted by molar-refractivity contribution is 5.94. The molecular formula is C23H24F3N5O2. The lowest BCUT2D eigenvalue weighted by Crippen LogP contribution is -2.39. The van der Waals surface area contributed by atoms with Crippen LogP contribution in [0.2, 0.25) is 0 Å². The Hall–Kier alpha value is -3.40. The molecule has 1 fully saturated rings. The summed E-state index contributed by atoms with van der Waals surface area (Å²) in [4.78, 5) is 21.3. The molecule has 4 rings (SSSR count). The topological polar surface area (TPSA) is 74.5 Å². The lowest BCUT2D eigenvalue weighted by molar-refractivity contribution is -0.137. The van der Waals surface area contributed by atoms with Crippen LogP contribution in [0.1, 0.15) is 29.3 Å². The molecule has 0 aliphatic carbocycles. The zero-order valence-electron chi connectivity index (χ0n) is 18.0. The van der Waals surface area contributed by atoms with E-state index >= 15 is 0 Å². The summed E-state index contributed by atoms with van der Waals surface area (Å²) in [6, 6.07) is 13.0. The Labute approximate surface area is 189 Å². The van der Waals surface area contributed by atoms with Crippen LogP contribution < -0.4 is 10.2 Å². The molecule has 3 aromatic rings. The molecule has 1 atom stereocenters. The van der Waals surface area contributed by atoms with E-state index in [0.29, 0.717) is 43.6 Å². The Balaban J connectivity index is 1.50. The van der Waals surface area contributed by atoms with Crippen LogP contribution >= 0.6 is 0 Å². The van der Waals surface area contributed by atoms with Gasteiger partial charge in [-0.05, 0) is 31.0 Å². The van der Waals surface area contributed by atoms with E-state index in [1.807, 2.05) is 35.2 Å². The number of halogens is 3. The monoisotopic (exact) mass is 459 g/mol. The molecule has 7 nitrogen and oxygen atoms in total. The molecule has 0 bridgehead atoms. The third-order valence-corrected chi connectivity index (χ3v) is 5.54. The lowest BCUT2D eigenvalue weighted by atomic mass is 10.0. The van der Waals surface area contributed by atoms with Gasteiger partial charge < -0.3 is 14.7 Å². The van der Waals surface area contributed by atoms with Crippen LogP contribution in [0.15, 0.2) is 59.3 Å². The molecule has 1 aliphatic heterocycles. The second-order valence-electron chi connectivity index (χ2n) is 7.90. The van der Waals surface area contributed by atoms with E-state index in [0.717, 1.165) is 24.2 Å². The van der Waals surface area contributed by atoms with E-state index in [-0.39, 0.29) is 5.91 Å². The molecule has 0 spiro atoms. The van der Waals surface area contributed by atoms with E-state index in [1.165, 1.54) is 6.07 Å². The van der Waals surface area contributed by atoms with E-state index in [4.69, 9.17) is 4.52 Å². The molecule has 0 saturated carbocycles. The first-order valence-corrected chi connectivity index (χ1v) is 10.6. The summed E-state index contributed by atoms with van der Waals surface area (Å²) in [5, 5.41) is 6.67. The highest BCUT2D eigenvalue weighted by atomic mass is 19.4. The number of rotatable bonds is 5. The van der Waals surface area contributed by atoms with Gasteiger partial charge in [-0.1, -0.05) is 35.5 Å². The number of alkyl halides is 3. The van der Waals surface area contributed by atoms with Gasteiger partial charge in [0.05, 0.1) is 5.56 Å². The number of aryl methyl sites for hydroxylation is 1. The highest BCUT2D eigenvalue weighted by Gasteiger charge is 2.32. The average Bonchev–Trinajstić information content (AvgIpc) is 3.05. The number of anilines is 2. The normalized spacial score (nSPS) is 16.3. The van der Waals surface area contributed by atoms with E-state index in [2.05, 4.69) is 20.4 Å². The van der Waals surface area contributed by atoms with Crippen molar-refractivity contribution in [3.8, 4) is 0 Å². The van der Waals surface area contributed by atoms with Gasteiger partial charge in [-0.2, -0.15) is 13.2 Å². The molecule has 1 aromatic carbocycles. The summed E-state index contributed by atoms with van der Waals surface area (Å²) >= 11 is 0. The van der Waals surface area contributed by atoms with Crippen LogP contribution in [0.3, 0.4) is 0 Å². The minimum Gasteiger partial charge on any atom is -0.360 e. The van der Waals surface area contributed by atoms with Crippen molar-refractivity contribution in [3.63, 3.8) is 0 Å². The molecule has 1 saturated heterocycles.